The molecule has 1 fully saturated rings. The number of rotatable bonds is 1. The Kier molecular flexibility index (Phi) is 3.80. The molecule has 94 valence electrons. The molecule has 2 atom stereocenters. The van der Waals surface area contributed by atoms with E-state index in [0.717, 1.165) is 0 Å². The van der Waals surface area contributed by atoms with E-state index in [1.54, 1.807) is 0 Å². The van der Waals surface area contributed by atoms with Crippen molar-refractivity contribution >= 4 is 6.09 Å². The van der Waals surface area contributed by atoms with Crippen molar-refractivity contribution in [2.24, 2.45) is 5.41 Å². The van der Waals surface area contributed by atoms with Crippen LogP contribution in [0.4, 0.5) is 4.79 Å². The fraction of sp³-hybridized carbons (Fsp3) is 0.909. The minimum Gasteiger partial charge on any atom is -0.465 e. The van der Waals surface area contributed by atoms with Crippen LogP contribution in [0.5, 0.6) is 0 Å². The van der Waals surface area contributed by atoms with E-state index in [-0.39, 0.29) is 24.1 Å². The Labute approximate surface area is 96.7 Å². The monoisotopic (exact) mass is 230 g/mol. The number of aliphatic hydroxyl groups excluding tert-OH is 1. The Balaban J connectivity index is 2.87. The van der Waals surface area contributed by atoms with Crippen LogP contribution in [0.15, 0.2) is 0 Å². The number of piperazine rings is 1. The summed E-state index contributed by atoms with van der Waals surface area (Å²) < 4.78 is 0. The van der Waals surface area contributed by atoms with Gasteiger partial charge in [0, 0.05) is 19.1 Å². The molecule has 1 aliphatic rings. The fourth-order valence-electron chi connectivity index (χ4n) is 2.28. The highest BCUT2D eigenvalue weighted by atomic mass is 16.4. The molecule has 0 aromatic carbocycles. The summed E-state index contributed by atoms with van der Waals surface area (Å²) in [5.74, 6) is 0. The van der Waals surface area contributed by atoms with Gasteiger partial charge in [0.25, 0.3) is 0 Å². The molecule has 5 heteroatoms. The van der Waals surface area contributed by atoms with Crippen molar-refractivity contribution in [1.29, 1.82) is 0 Å². The second-order valence-electron chi connectivity index (χ2n) is 5.57. The molecule has 0 saturated carbocycles. The van der Waals surface area contributed by atoms with Gasteiger partial charge in [0.1, 0.15) is 0 Å². The van der Waals surface area contributed by atoms with Gasteiger partial charge in [-0.15, -0.1) is 0 Å². The Bertz CT molecular complexity index is 262. The number of aliphatic hydroxyl groups is 1. The lowest BCUT2D eigenvalue weighted by Crippen LogP contribution is -2.62. The molecule has 1 aliphatic heterocycles. The van der Waals surface area contributed by atoms with Gasteiger partial charge in [-0.05, 0) is 12.5 Å². The summed E-state index contributed by atoms with van der Waals surface area (Å²) >= 11 is 0. The number of hydrogen-bond donors (Lipinski definition) is 2. The topological polar surface area (TPSA) is 64.0 Å². The lowest BCUT2D eigenvalue weighted by Gasteiger charge is -2.48. The minimum absolute atomic E-state index is 0.00368. The van der Waals surface area contributed by atoms with Crippen LogP contribution in [0, 0.1) is 5.41 Å². The van der Waals surface area contributed by atoms with E-state index in [1.807, 2.05) is 7.05 Å². The lowest BCUT2D eigenvalue weighted by atomic mass is 9.83. The zero-order valence-electron chi connectivity index (χ0n) is 10.5. The first-order valence-electron chi connectivity index (χ1n) is 5.58. The van der Waals surface area contributed by atoms with E-state index in [1.165, 1.54) is 4.90 Å². The first-order chi connectivity index (χ1) is 7.27. The summed E-state index contributed by atoms with van der Waals surface area (Å²) in [6.07, 6.45) is -0.902. The smallest absolute Gasteiger partial charge is 0.407 e. The summed E-state index contributed by atoms with van der Waals surface area (Å²) in [5, 5.41) is 18.3. The number of carboxylic acid groups (broad SMARTS) is 1. The Morgan fingerprint density at radius 2 is 1.94 bits per heavy atom. The summed E-state index contributed by atoms with van der Waals surface area (Å²) in [5.41, 5.74) is -0.00368. The first-order valence-corrected chi connectivity index (χ1v) is 5.58. The van der Waals surface area contributed by atoms with Crippen molar-refractivity contribution in [1.82, 2.24) is 9.80 Å². The Hall–Kier alpha value is -0.810. The van der Waals surface area contributed by atoms with Gasteiger partial charge in [-0.1, -0.05) is 20.8 Å². The van der Waals surface area contributed by atoms with Crippen molar-refractivity contribution in [3.05, 3.63) is 0 Å². The van der Waals surface area contributed by atoms with Gasteiger partial charge in [0.2, 0.25) is 0 Å². The SMILES string of the molecule is CN1C(CO)CN(C(=O)O)CC1C(C)(C)C. The minimum atomic E-state index is -0.902. The van der Waals surface area contributed by atoms with Gasteiger partial charge in [-0.3, -0.25) is 4.90 Å². The molecule has 0 bridgehead atoms. The van der Waals surface area contributed by atoms with Crippen molar-refractivity contribution in [3.8, 4) is 0 Å². The van der Waals surface area contributed by atoms with Gasteiger partial charge in [-0.25, -0.2) is 4.79 Å². The third-order valence-corrected chi connectivity index (χ3v) is 3.37. The molecule has 0 aliphatic carbocycles. The molecular weight excluding hydrogens is 208 g/mol. The standard InChI is InChI=1S/C11H22N2O3/c1-11(2,3)9-6-13(10(15)16)5-8(7-14)12(9)4/h8-9,14H,5-7H2,1-4H3,(H,15,16). The maximum atomic E-state index is 11.0. The zero-order chi connectivity index (χ0) is 12.5. The van der Waals surface area contributed by atoms with Crippen molar-refractivity contribution in [3.63, 3.8) is 0 Å². The molecule has 0 aromatic rings. The van der Waals surface area contributed by atoms with Crippen LogP contribution in [0.2, 0.25) is 0 Å². The van der Waals surface area contributed by atoms with E-state index in [4.69, 9.17) is 5.11 Å². The van der Waals surface area contributed by atoms with Crippen molar-refractivity contribution in [2.75, 3.05) is 26.7 Å². The molecule has 0 aromatic heterocycles. The molecule has 1 heterocycles. The van der Waals surface area contributed by atoms with Gasteiger partial charge >= 0.3 is 6.09 Å². The van der Waals surface area contributed by atoms with Crippen molar-refractivity contribution < 1.29 is 15.0 Å². The Morgan fingerprint density at radius 3 is 2.31 bits per heavy atom. The number of likely N-dealkylation sites (N-methyl/N-ethyl adjacent to an activating group) is 1. The van der Waals surface area contributed by atoms with Gasteiger partial charge in [0.15, 0.2) is 0 Å². The molecule has 2 N–H and O–H groups in total. The normalized spacial score (nSPS) is 28.2. The van der Waals surface area contributed by atoms with Crippen molar-refractivity contribution in [2.45, 2.75) is 32.9 Å². The van der Waals surface area contributed by atoms with E-state index >= 15 is 0 Å². The van der Waals surface area contributed by atoms with Crippen LogP contribution >= 0.6 is 0 Å². The summed E-state index contributed by atoms with van der Waals surface area (Å²) in [7, 11) is 1.95. The van der Waals surface area contributed by atoms with Crippen LogP contribution in [0.3, 0.4) is 0 Å². The average Bonchev–Trinajstić information content (AvgIpc) is 2.15. The average molecular weight is 230 g/mol. The van der Waals surface area contributed by atoms with Gasteiger partial charge in [-0.2, -0.15) is 0 Å². The molecular formula is C11H22N2O3. The summed E-state index contributed by atoms with van der Waals surface area (Å²) in [4.78, 5) is 14.5. The summed E-state index contributed by atoms with van der Waals surface area (Å²) in [6.45, 7) is 7.16. The number of amides is 1. The molecule has 1 saturated heterocycles. The molecule has 0 radical (unpaired) electrons. The lowest BCUT2D eigenvalue weighted by molar-refractivity contribution is -0.0191. The first kappa shape index (κ1) is 13.3. The number of hydrogen-bond acceptors (Lipinski definition) is 3. The molecule has 1 amide bonds. The maximum absolute atomic E-state index is 11.0. The van der Waals surface area contributed by atoms with E-state index in [9.17, 15) is 9.90 Å². The summed E-state index contributed by atoms with van der Waals surface area (Å²) in [6, 6.07) is 0.0311. The maximum Gasteiger partial charge on any atom is 0.407 e. The largest absolute Gasteiger partial charge is 0.465 e. The fourth-order valence-corrected chi connectivity index (χ4v) is 2.28. The predicted octanol–water partition coefficient (Wildman–Crippen LogP) is 0.687. The molecule has 1 rings (SSSR count). The Morgan fingerprint density at radius 1 is 1.38 bits per heavy atom. The van der Waals surface area contributed by atoms with Gasteiger partial charge < -0.3 is 15.1 Å². The predicted molar refractivity (Wildman–Crippen MR) is 61.5 cm³/mol. The zero-order valence-corrected chi connectivity index (χ0v) is 10.5. The highest BCUT2D eigenvalue weighted by Crippen LogP contribution is 2.28. The highest BCUT2D eigenvalue weighted by molar-refractivity contribution is 5.65. The van der Waals surface area contributed by atoms with Crippen LogP contribution in [0.25, 0.3) is 0 Å². The molecule has 5 nitrogen and oxygen atoms in total. The number of nitrogens with zero attached hydrogens (tertiary/aromatic N) is 2. The van der Waals surface area contributed by atoms with E-state index in [0.29, 0.717) is 13.1 Å². The number of carbonyl (C=O) groups is 1. The molecule has 16 heavy (non-hydrogen) atoms. The van der Waals surface area contributed by atoms with Crippen LogP contribution < -0.4 is 0 Å². The highest BCUT2D eigenvalue weighted by Gasteiger charge is 2.39. The van der Waals surface area contributed by atoms with Gasteiger partial charge in [0.05, 0.1) is 12.6 Å². The van der Waals surface area contributed by atoms with E-state index < -0.39 is 6.09 Å². The second kappa shape index (κ2) is 4.59. The van der Waals surface area contributed by atoms with E-state index in [2.05, 4.69) is 25.7 Å². The molecule has 0 spiro atoms. The second-order valence-corrected chi connectivity index (χ2v) is 5.57. The van der Waals surface area contributed by atoms with Crippen LogP contribution in [-0.2, 0) is 0 Å². The quantitative estimate of drug-likeness (QED) is 0.695. The third-order valence-electron chi connectivity index (χ3n) is 3.37. The third kappa shape index (κ3) is 2.65. The van der Waals surface area contributed by atoms with Crippen LogP contribution in [0.1, 0.15) is 20.8 Å². The molecule has 2 unspecified atom stereocenters. The van der Waals surface area contributed by atoms with Crippen LogP contribution in [-0.4, -0.2) is 64.9 Å².